The van der Waals surface area contributed by atoms with Crippen LogP contribution >= 0.6 is 0 Å². The van der Waals surface area contributed by atoms with Crippen molar-refractivity contribution in [3.05, 3.63) is 24.0 Å². The summed E-state index contributed by atoms with van der Waals surface area (Å²) >= 11 is 0. The minimum atomic E-state index is 0.379. The molecule has 2 rings (SSSR count). The molecule has 1 aromatic heterocycles. The van der Waals surface area contributed by atoms with E-state index < -0.39 is 0 Å². The van der Waals surface area contributed by atoms with Crippen LogP contribution in [0, 0.1) is 0 Å². The highest BCUT2D eigenvalue weighted by atomic mass is 16.5. The van der Waals surface area contributed by atoms with Gasteiger partial charge in [-0.25, -0.2) is 0 Å². The van der Waals surface area contributed by atoms with E-state index in [0.29, 0.717) is 6.10 Å². The first-order chi connectivity index (χ1) is 9.31. The quantitative estimate of drug-likeness (QED) is 0.605. The molecule has 0 bridgehead atoms. The zero-order valence-electron chi connectivity index (χ0n) is 11.6. The molecule has 0 saturated carbocycles. The molecule has 1 saturated heterocycles. The number of nitrogens with zero attached hydrogens (tertiary/aromatic N) is 2. The van der Waals surface area contributed by atoms with Crippen molar-refractivity contribution < 1.29 is 4.74 Å². The van der Waals surface area contributed by atoms with Crippen LogP contribution in [0.3, 0.4) is 0 Å². The summed E-state index contributed by atoms with van der Waals surface area (Å²) in [5.74, 6) is 5.42. The predicted octanol–water partition coefficient (Wildman–Crippen LogP) is 1.76. The Morgan fingerprint density at radius 2 is 2.47 bits per heavy atom. The summed E-state index contributed by atoms with van der Waals surface area (Å²) in [6.45, 7) is 6.00. The summed E-state index contributed by atoms with van der Waals surface area (Å²) in [7, 11) is 0. The van der Waals surface area contributed by atoms with Crippen molar-refractivity contribution in [3.8, 4) is 0 Å². The average Bonchev–Trinajstić information content (AvgIpc) is 2.46. The van der Waals surface area contributed by atoms with E-state index in [0.717, 1.165) is 44.0 Å². The Balaban J connectivity index is 1.87. The molecule has 1 fully saturated rings. The second kappa shape index (κ2) is 7.43. The lowest BCUT2D eigenvalue weighted by Crippen LogP contribution is -2.39. The summed E-state index contributed by atoms with van der Waals surface area (Å²) in [5, 5.41) is 0. The second-order valence-corrected chi connectivity index (χ2v) is 5.05. The Morgan fingerprint density at radius 1 is 1.58 bits per heavy atom. The molecule has 1 aromatic rings. The molecule has 19 heavy (non-hydrogen) atoms. The van der Waals surface area contributed by atoms with Crippen LogP contribution < -0.4 is 11.3 Å². The number of hydrogen-bond donors (Lipinski definition) is 2. The van der Waals surface area contributed by atoms with Crippen molar-refractivity contribution in [1.29, 1.82) is 0 Å². The molecule has 2 heterocycles. The van der Waals surface area contributed by atoms with Gasteiger partial charge in [0.15, 0.2) is 0 Å². The van der Waals surface area contributed by atoms with E-state index >= 15 is 0 Å². The molecule has 3 N–H and O–H groups in total. The molecule has 1 atom stereocenters. The molecule has 1 unspecified atom stereocenters. The molecule has 0 aromatic carbocycles. The average molecular weight is 264 g/mol. The first-order valence-electron chi connectivity index (χ1n) is 7.07. The number of hydrogen-bond acceptors (Lipinski definition) is 5. The smallest absolute Gasteiger partial charge is 0.0702 e. The van der Waals surface area contributed by atoms with Crippen LogP contribution in [0.1, 0.15) is 31.9 Å². The third-order valence-electron chi connectivity index (χ3n) is 3.39. The lowest BCUT2D eigenvalue weighted by molar-refractivity contribution is -0.00251. The maximum atomic E-state index is 5.85. The van der Waals surface area contributed by atoms with E-state index in [4.69, 9.17) is 10.6 Å². The van der Waals surface area contributed by atoms with E-state index in [1.54, 1.807) is 6.20 Å². The van der Waals surface area contributed by atoms with Gasteiger partial charge < -0.3 is 10.2 Å². The Kier molecular flexibility index (Phi) is 5.57. The minimum Gasteiger partial charge on any atom is -0.377 e. The molecule has 106 valence electrons. The fraction of sp³-hybridized carbons (Fsp3) is 0.643. The highest BCUT2D eigenvalue weighted by Crippen LogP contribution is 2.16. The predicted molar refractivity (Wildman–Crippen MR) is 76.6 cm³/mol. The number of hydrazine groups is 1. The van der Waals surface area contributed by atoms with Crippen molar-refractivity contribution in [3.63, 3.8) is 0 Å². The number of pyridine rings is 1. The second-order valence-electron chi connectivity index (χ2n) is 5.05. The van der Waals surface area contributed by atoms with Crippen molar-refractivity contribution in [2.45, 2.75) is 38.8 Å². The molecule has 0 amide bonds. The summed E-state index contributed by atoms with van der Waals surface area (Å²) in [6, 6.07) is 3.86. The largest absolute Gasteiger partial charge is 0.377 e. The number of nitrogens with one attached hydrogen (secondary N) is 1. The van der Waals surface area contributed by atoms with Gasteiger partial charge in [0.25, 0.3) is 0 Å². The first kappa shape index (κ1) is 14.2. The van der Waals surface area contributed by atoms with Gasteiger partial charge in [0.05, 0.1) is 17.5 Å². The van der Waals surface area contributed by atoms with Crippen molar-refractivity contribution in [1.82, 2.24) is 9.88 Å². The Bertz CT molecular complexity index is 385. The van der Waals surface area contributed by atoms with Crippen LogP contribution in [0.4, 0.5) is 5.69 Å². The topological polar surface area (TPSA) is 63.4 Å². The monoisotopic (exact) mass is 264 g/mol. The molecule has 5 heteroatoms. The zero-order valence-corrected chi connectivity index (χ0v) is 11.6. The van der Waals surface area contributed by atoms with Gasteiger partial charge in [-0.15, -0.1) is 0 Å². The van der Waals surface area contributed by atoms with Gasteiger partial charge in [-0.1, -0.05) is 6.92 Å². The van der Waals surface area contributed by atoms with Crippen molar-refractivity contribution in [2.75, 3.05) is 25.1 Å². The van der Waals surface area contributed by atoms with Gasteiger partial charge in [-0.2, -0.15) is 0 Å². The summed E-state index contributed by atoms with van der Waals surface area (Å²) < 4.78 is 5.85. The van der Waals surface area contributed by atoms with Crippen LogP contribution in [-0.4, -0.2) is 35.7 Å². The lowest BCUT2D eigenvalue weighted by Gasteiger charge is -2.32. The molecule has 0 aliphatic carbocycles. The number of piperidine rings is 1. The van der Waals surface area contributed by atoms with Gasteiger partial charge in [0.2, 0.25) is 0 Å². The van der Waals surface area contributed by atoms with Crippen LogP contribution in [0.5, 0.6) is 0 Å². The zero-order chi connectivity index (χ0) is 13.5. The molecule has 0 spiro atoms. The highest BCUT2D eigenvalue weighted by Gasteiger charge is 2.20. The van der Waals surface area contributed by atoms with Gasteiger partial charge in [-0.05, 0) is 37.9 Å². The number of aromatic nitrogens is 1. The molecular formula is C14H24N4O. The maximum Gasteiger partial charge on any atom is 0.0702 e. The molecule has 1 aliphatic rings. The van der Waals surface area contributed by atoms with E-state index in [1.807, 2.05) is 12.1 Å². The molecule has 1 aliphatic heterocycles. The van der Waals surface area contributed by atoms with Crippen molar-refractivity contribution in [2.24, 2.45) is 5.84 Å². The third kappa shape index (κ3) is 4.45. The summed E-state index contributed by atoms with van der Waals surface area (Å²) in [4.78, 5) is 6.80. The fourth-order valence-electron chi connectivity index (χ4n) is 2.46. The third-order valence-corrected chi connectivity index (χ3v) is 3.39. The normalized spacial score (nSPS) is 20.4. The lowest BCUT2D eigenvalue weighted by atomic mass is 10.1. The number of nitrogen functional groups attached to an aromatic ring is 1. The summed E-state index contributed by atoms with van der Waals surface area (Å²) in [5.41, 5.74) is 4.61. The van der Waals surface area contributed by atoms with Gasteiger partial charge >= 0.3 is 0 Å². The molecule has 0 radical (unpaired) electrons. The maximum absolute atomic E-state index is 5.85. The first-order valence-corrected chi connectivity index (χ1v) is 7.07. The van der Waals surface area contributed by atoms with Gasteiger partial charge in [0.1, 0.15) is 0 Å². The van der Waals surface area contributed by atoms with E-state index in [9.17, 15) is 0 Å². The standard InChI is InChI=1S/C14H24N4O/c1-2-8-19-14-4-3-7-18(11-14)10-13-9-12(17-15)5-6-16-13/h5-6,9,14H,2-4,7-8,10-11,15H2,1H3,(H,16,17). The Hall–Kier alpha value is -1.17. The minimum absolute atomic E-state index is 0.379. The van der Waals surface area contributed by atoms with Crippen LogP contribution in [0.15, 0.2) is 18.3 Å². The van der Waals surface area contributed by atoms with Crippen LogP contribution in [0.25, 0.3) is 0 Å². The number of rotatable bonds is 6. The van der Waals surface area contributed by atoms with Gasteiger partial charge in [0, 0.05) is 25.9 Å². The SMILES string of the molecule is CCCOC1CCCN(Cc2cc(NN)ccn2)C1. The Morgan fingerprint density at radius 3 is 3.26 bits per heavy atom. The summed E-state index contributed by atoms with van der Waals surface area (Å²) in [6.07, 6.45) is 5.63. The molecule has 5 nitrogen and oxygen atoms in total. The van der Waals surface area contributed by atoms with E-state index in [-0.39, 0.29) is 0 Å². The van der Waals surface area contributed by atoms with E-state index in [1.165, 1.54) is 12.8 Å². The van der Waals surface area contributed by atoms with Crippen molar-refractivity contribution >= 4 is 5.69 Å². The molecular weight excluding hydrogens is 240 g/mol. The fourth-order valence-corrected chi connectivity index (χ4v) is 2.46. The number of nitrogens with two attached hydrogens (primary N) is 1. The van der Waals surface area contributed by atoms with Crippen LogP contribution in [-0.2, 0) is 11.3 Å². The Labute approximate surface area is 115 Å². The number of likely N-dealkylation sites (tertiary alicyclic amines) is 1. The highest BCUT2D eigenvalue weighted by molar-refractivity contribution is 5.41. The number of anilines is 1. The van der Waals surface area contributed by atoms with Gasteiger partial charge in [-0.3, -0.25) is 15.7 Å². The van der Waals surface area contributed by atoms with Crippen LogP contribution in [0.2, 0.25) is 0 Å². The number of ether oxygens (including phenoxy) is 1. The van der Waals surface area contributed by atoms with E-state index in [2.05, 4.69) is 22.2 Å².